The van der Waals surface area contributed by atoms with Gasteiger partial charge in [-0.25, -0.2) is 0 Å². The third-order valence-corrected chi connectivity index (χ3v) is 3.71. The molecule has 0 saturated heterocycles. The van der Waals surface area contributed by atoms with Gasteiger partial charge in [-0.15, -0.1) is 0 Å². The van der Waals surface area contributed by atoms with Crippen LogP contribution in [0.1, 0.15) is 21.6 Å². The van der Waals surface area contributed by atoms with Crippen LogP contribution in [0, 0.1) is 5.41 Å². The molecule has 6 nitrogen and oxygen atoms in total. The zero-order valence-electron chi connectivity index (χ0n) is 12.4. The number of nitrogens with one attached hydrogen (secondary N) is 2. The van der Waals surface area contributed by atoms with E-state index in [9.17, 15) is 9.90 Å². The van der Waals surface area contributed by atoms with Crippen molar-refractivity contribution in [2.24, 2.45) is 0 Å². The SMILES string of the molecule is COc1ccc2[nH]c(C(=O)c3ccc(N)c(C=N)c3)cc2c1O. The monoisotopic (exact) mass is 309 g/mol. The Kier molecular flexibility index (Phi) is 3.50. The molecule has 0 saturated carbocycles. The minimum absolute atomic E-state index is 0.0159. The van der Waals surface area contributed by atoms with Crippen molar-refractivity contribution in [2.75, 3.05) is 12.8 Å². The number of phenolic OH excluding ortho intramolecular Hbond substituents is 1. The van der Waals surface area contributed by atoms with Crippen LogP contribution in [0.25, 0.3) is 10.9 Å². The summed E-state index contributed by atoms with van der Waals surface area (Å²) in [4.78, 5) is 15.6. The summed E-state index contributed by atoms with van der Waals surface area (Å²) in [5.41, 5.74) is 8.04. The number of methoxy groups -OCH3 is 1. The number of aromatic amines is 1. The van der Waals surface area contributed by atoms with E-state index in [4.69, 9.17) is 15.9 Å². The van der Waals surface area contributed by atoms with Gasteiger partial charge in [0.1, 0.15) is 0 Å². The molecule has 0 amide bonds. The predicted octanol–water partition coefficient (Wildman–Crippen LogP) is 2.69. The van der Waals surface area contributed by atoms with Gasteiger partial charge in [0.15, 0.2) is 11.5 Å². The van der Waals surface area contributed by atoms with E-state index in [-0.39, 0.29) is 11.5 Å². The van der Waals surface area contributed by atoms with Crippen LogP contribution in [0.5, 0.6) is 11.5 Å². The number of nitrogen functional groups attached to an aromatic ring is 1. The van der Waals surface area contributed by atoms with Crippen molar-refractivity contribution in [1.82, 2.24) is 4.98 Å². The first-order valence-electron chi connectivity index (χ1n) is 6.88. The lowest BCUT2D eigenvalue weighted by Gasteiger charge is -2.03. The molecule has 1 heterocycles. The standard InChI is InChI=1S/C17H15N3O3/c1-23-15-5-4-13-11(17(15)22)7-14(20-13)16(21)9-2-3-12(19)10(6-9)8-18/h2-8,18,20,22H,19H2,1H3. The van der Waals surface area contributed by atoms with E-state index < -0.39 is 0 Å². The maximum absolute atomic E-state index is 12.6. The molecule has 0 spiro atoms. The Bertz CT molecular complexity index is 928. The zero-order valence-corrected chi connectivity index (χ0v) is 12.4. The summed E-state index contributed by atoms with van der Waals surface area (Å²) in [6, 6.07) is 9.70. The van der Waals surface area contributed by atoms with Gasteiger partial charge in [-0.05, 0) is 36.4 Å². The number of H-pyrrole nitrogens is 1. The number of carbonyl (C=O) groups is 1. The number of hydrogen-bond acceptors (Lipinski definition) is 5. The molecule has 3 rings (SSSR count). The highest BCUT2D eigenvalue weighted by molar-refractivity contribution is 6.11. The number of carbonyl (C=O) groups excluding carboxylic acids is 1. The van der Waals surface area contributed by atoms with Crippen LogP contribution in [-0.4, -0.2) is 29.2 Å². The van der Waals surface area contributed by atoms with Crippen molar-refractivity contribution in [1.29, 1.82) is 5.41 Å². The van der Waals surface area contributed by atoms with E-state index in [1.165, 1.54) is 7.11 Å². The van der Waals surface area contributed by atoms with Crippen molar-refractivity contribution < 1.29 is 14.6 Å². The summed E-state index contributed by atoms with van der Waals surface area (Å²) in [6.45, 7) is 0. The molecule has 6 heteroatoms. The molecule has 0 bridgehead atoms. The van der Waals surface area contributed by atoms with Gasteiger partial charge in [0.2, 0.25) is 5.78 Å². The number of hydrogen-bond donors (Lipinski definition) is 4. The van der Waals surface area contributed by atoms with Gasteiger partial charge in [-0.1, -0.05) is 0 Å². The Morgan fingerprint density at radius 2 is 2.09 bits per heavy atom. The molecule has 0 aliphatic carbocycles. The van der Waals surface area contributed by atoms with Crippen molar-refractivity contribution in [2.45, 2.75) is 0 Å². The molecule has 0 atom stereocenters. The first-order chi connectivity index (χ1) is 11.0. The van der Waals surface area contributed by atoms with Crippen molar-refractivity contribution in [3.63, 3.8) is 0 Å². The number of phenols is 1. The molecule has 0 aliphatic heterocycles. The van der Waals surface area contributed by atoms with Gasteiger partial charge < -0.3 is 26.0 Å². The Balaban J connectivity index is 2.08. The number of ketones is 1. The minimum atomic E-state index is -0.248. The quantitative estimate of drug-likeness (QED) is 0.337. The number of aromatic nitrogens is 1. The highest BCUT2D eigenvalue weighted by Gasteiger charge is 2.16. The van der Waals surface area contributed by atoms with Crippen LogP contribution < -0.4 is 10.5 Å². The number of nitrogens with two attached hydrogens (primary N) is 1. The molecule has 0 unspecified atom stereocenters. The van der Waals surface area contributed by atoms with E-state index in [2.05, 4.69) is 4.98 Å². The maximum atomic E-state index is 12.6. The van der Waals surface area contributed by atoms with E-state index in [1.54, 1.807) is 36.4 Å². The molecule has 0 aliphatic rings. The van der Waals surface area contributed by atoms with Gasteiger partial charge in [0.05, 0.1) is 12.8 Å². The topological polar surface area (TPSA) is 112 Å². The average Bonchev–Trinajstić information content (AvgIpc) is 3.00. The zero-order chi connectivity index (χ0) is 16.6. The Hall–Kier alpha value is -3.28. The summed E-state index contributed by atoms with van der Waals surface area (Å²) in [6.07, 6.45) is 1.11. The van der Waals surface area contributed by atoms with E-state index in [0.717, 1.165) is 6.21 Å². The van der Waals surface area contributed by atoms with E-state index in [1.807, 2.05) is 0 Å². The van der Waals surface area contributed by atoms with Crippen molar-refractivity contribution in [3.05, 3.63) is 53.2 Å². The molecular weight excluding hydrogens is 294 g/mol. The lowest BCUT2D eigenvalue weighted by atomic mass is 10.0. The Morgan fingerprint density at radius 3 is 2.78 bits per heavy atom. The maximum Gasteiger partial charge on any atom is 0.209 e. The number of ether oxygens (including phenoxy) is 1. The molecule has 116 valence electrons. The van der Waals surface area contributed by atoms with Crippen LogP contribution in [0.2, 0.25) is 0 Å². The fourth-order valence-electron chi connectivity index (χ4n) is 2.45. The lowest BCUT2D eigenvalue weighted by molar-refractivity contribution is 0.103. The first-order valence-corrected chi connectivity index (χ1v) is 6.88. The fraction of sp³-hybridized carbons (Fsp3) is 0.0588. The molecule has 3 aromatic rings. The number of fused-ring (bicyclic) bond motifs is 1. The van der Waals surface area contributed by atoms with Gasteiger partial charge in [-0.2, -0.15) is 0 Å². The van der Waals surface area contributed by atoms with Crippen LogP contribution in [0.4, 0.5) is 5.69 Å². The largest absolute Gasteiger partial charge is 0.504 e. The smallest absolute Gasteiger partial charge is 0.209 e. The first kappa shape index (κ1) is 14.6. The molecule has 5 N–H and O–H groups in total. The van der Waals surface area contributed by atoms with Crippen LogP contribution in [-0.2, 0) is 0 Å². The number of benzene rings is 2. The molecule has 1 aromatic heterocycles. The molecule has 0 radical (unpaired) electrons. The summed E-state index contributed by atoms with van der Waals surface area (Å²) in [5.74, 6) is 0.0783. The normalized spacial score (nSPS) is 10.7. The van der Waals surface area contributed by atoms with Gasteiger partial charge in [-0.3, -0.25) is 4.79 Å². The molecular formula is C17H15N3O3. The second-order valence-corrected chi connectivity index (χ2v) is 5.08. The fourth-order valence-corrected chi connectivity index (χ4v) is 2.45. The Morgan fingerprint density at radius 1 is 1.30 bits per heavy atom. The van der Waals surface area contributed by atoms with Crippen LogP contribution in [0.3, 0.4) is 0 Å². The van der Waals surface area contributed by atoms with Crippen LogP contribution >= 0.6 is 0 Å². The van der Waals surface area contributed by atoms with Crippen molar-refractivity contribution >= 4 is 28.6 Å². The van der Waals surface area contributed by atoms with E-state index in [0.29, 0.717) is 39.2 Å². The summed E-state index contributed by atoms with van der Waals surface area (Å²) in [5, 5.41) is 18.0. The molecule has 23 heavy (non-hydrogen) atoms. The summed E-state index contributed by atoms with van der Waals surface area (Å²) >= 11 is 0. The number of anilines is 1. The van der Waals surface area contributed by atoms with E-state index >= 15 is 0 Å². The van der Waals surface area contributed by atoms with Crippen molar-refractivity contribution in [3.8, 4) is 11.5 Å². The molecule has 0 fully saturated rings. The highest BCUT2D eigenvalue weighted by Crippen LogP contribution is 2.35. The second kappa shape index (κ2) is 5.49. The van der Waals surface area contributed by atoms with Crippen LogP contribution in [0.15, 0.2) is 36.4 Å². The third kappa shape index (κ3) is 2.40. The highest BCUT2D eigenvalue weighted by atomic mass is 16.5. The summed E-state index contributed by atoms with van der Waals surface area (Å²) < 4.78 is 5.06. The Labute approximate surface area is 132 Å². The average molecular weight is 309 g/mol. The van der Waals surface area contributed by atoms with Gasteiger partial charge >= 0.3 is 0 Å². The third-order valence-electron chi connectivity index (χ3n) is 3.71. The number of rotatable bonds is 4. The minimum Gasteiger partial charge on any atom is -0.504 e. The molecule has 2 aromatic carbocycles. The second-order valence-electron chi connectivity index (χ2n) is 5.08. The predicted molar refractivity (Wildman–Crippen MR) is 88.7 cm³/mol. The van der Waals surface area contributed by atoms with Gasteiger partial charge in [0, 0.05) is 33.9 Å². The number of aromatic hydroxyl groups is 1. The summed E-state index contributed by atoms with van der Waals surface area (Å²) in [7, 11) is 1.47. The lowest BCUT2D eigenvalue weighted by Crippen LogP contribution is -2.04. The van der Waals surface area contributed by atoms with Gasteiger partial charge in [0.25, 0.3) is 0 Å².